The molecule has 2 aliphatic rings. The van der Waals surface area contributed by atoms with Gasteiger partial charge in [0.25, 0.3) is 10.2 Å². The predicted molar refractivity (Wildman–Crippen MR) is 76.5 cm³/mol. The monoisotopic (exact) mass is 295 g/mol. The van der Waals surface area contributed by atoms with E-state index in [1.165, 1.54) is 4.31 Å². The summed E-state index contributed by atoms with van der Waals surface area (Å²) in [4.78, 5) is 11.9. The Morgan fingerprint density at radius 1 is 1.45 bits per heavy atom. The summed E-state index contributed by atoms with van der Waals surface area (Å²) < 4.78 is 24.2. The highest BCUT2D eigenvalue weighted by molar-refractivity contribution is 7.90. The van der Waals surface area contributed by atoms with E-state index >= 15 is 0 Å². The second-order valence-electron chi connectivity index (χ2n) is 5.52. The first-order chi connectivity index (χ1) is 9.36. The van der Waals surface area contributed by atoms with E-state index in [1.807, 2.05) is 13.0 Å². The molecule has 1 aromatic carbocycles. The van der Waals surface area contributed by atoms with E-state index in [9.17, 15) is 13.2 Å². The maximum absolute atomic E-state index is 11.9. The molecule has 1 aliphatic carbocycles. The quantitative estimate of drug-likeness (QED) is 0.865. The maximum atomic E-state index is 11.9. The standard InChI is InChI=1S/C13H17N3O3S/c1-8-6-11(8)13(17)15-10-3-2-9-4-5-16(12(9)7-10)20(14,18)19/h2-3,7-8,11H,4-6H2,1H3,(H,15,17)(H2,14,18,19)/t8-,11+/m1/s1. The molecule has 1 aliphatic heterocycles. The highest BCUT2D eigenvalue weighted by Gasteiger charge is 2.39. The summed E-state index contributed by atoms with van der Waals surface area (Å²) >= 11 is 0. The second-order valence-corrected chi connectivity index (χ2v) is 6.99. The average molecular weight is 295 g/mol. The molecule has 0 radical (unpaired) electrons. The fraction of sp³-hybridized carbons (Fsp3) is 0.462. The van der Waals surface area contributed by atoms with Gasteiger partial charge >= 0.3 is 0 Å². The molecule has 0 unspecified atom stereocenters. The highest BCUT2D eigenvalue weighted by Crippen LogP contribution is 2.39. The molecule has 1 amide bonds. The summed E-state index contributed by atoms with van der Waals surface area (Å²) in [7, 11) is -3.75. The zero-order chi connectivity index (χ0) is 14.5. The van der Waals surface area contributed by atoms with Gasteiger partial charge in [-0.05, 0) is 36.5 Å². The number of carbonyl (C=O) groups excluding carboxylic acids is 1. The van der Waals surface area contributed by atoms with Crippen molar-refractivity contribution in [3.8, 4) is 0 Å². The predicted octanol–water partition coefficient (Wildman–Crippen LogP) is 0.847. The van der Waals surface area contributed by atoms with Crippen LogP contribution >= 0.6 is 0 Å². The van der Waals surface area contributed by atoms with Crippen LogP contribution in [0.1, 0.15) is 18.9 Å². The van der Waals surface area contributed by atoms with Gasteiger partial charge in [0.2, 0.25) is 5.91 Å². The zero-order valence-corrected chi connectivity index (χ0v) is 12.0. The number of benzene rings is 1. The number of anilines is 2. The molecule has 6 nitrogen and oxygen atoms in total. The van der Waals surface area contributed by atoms with Crippen LogP contribution in [0.5, 0.6) is 0 Å². The van der Waals surface area contributed by atoms with Crippen LogP contribution in [-0.2, 0) is 21.4 Å². The molecule has 1 aromatic rings. The van der Waals surface area contributed by atoms with Crippen molar-refractivity contribution < 1.29 is 13.2 Å². The molecule has 20 heavy (non-hydrogen) atoms. The molecule has 0 saturated heterocycles. The third kappa shape index (κ3) is 2.38. The molecule has 0 bridgehead atoms. The molecular formula is C13H17N3O3S. The Labute approximate surface area is 118 Å². The molecule has 108 valence electrons. The first-order valence-corrected chi connectivity index (χ1v) is 8.11. The largest absolute Gasteiger partial charge is 0.326 e. The minimum atomic E-state index is -3.75. The first-order valence-electron chi connectivity index (χ1n) is 6.60. The van der Waals surface area contributed by atoms with E-state index in [-0.39, 0.29) is 11.8 Å². The smallest absolute Gasteiger partial charge is 0.299 e. The normalized spacial score (nSPS) is 24.4. The van der Waals surface area contributed by atoms with E-state index in [1.54, 1.807) is 12.1 Å². The summed E-state index contributed by atoms with van der Waals surface area (Å²) in [5, 5.41) is 8.03. The van der Waals surface area contributed by atoms with Crippen LogP contribution in [-0.4, -0.2) is 20.9 Å². The van der Waals surface area contributed by atoms with Gasteiger partial charge in [0.15, 0.2) is 0 Å². The van der Waals surface area contributed by atoms with Crippen molar-refractivity contribution in [2.75, 3.05) is 16.2 Å². The lowest BCUT2D eigenvalue weighted by molar-refractivity contribution is -0.117. The van der Waals surface area contributed by atoms with Gasteiger partial charge in [-0.25, -0.2) is 5.14 Å². The Morgan fingerprint density at radius 2 is 2.15 bits per heavy atom. The lowest BCUT2D eigenvalue weighted by atomic mass is 10.1. The van der Waals surface area contributed by atoms with E-state index in [0.29, 0.717) is 30.3 Å². The first kappa shape index (κ1) is 13.4. The van der Waals surface area contributed by atoms with E-state index in [4.69, 9.17) is 5.14 Å². The fourth-order valence-corrected chi connectivity index (χ4v) is 3.40. The minimum Gasteiger partial charge on any atom is -0.326 e. The lowest BCUT2D eigenvalue weighted by Crippen LogP contribution is -2.35. The van der Waals surface area contributed by atoms with Crippen LogP contribution in [0.4, 0.5) is 11.4 Å². The highest BCUT2D eigenvalue weighted by atomic mass is 32.2. The summed E-state index contributed by atoms with van der Waals surface area (Å²) in [5.74, 6) is 0.514. The van der Waals surface area contributed by atoms with E-state index < -0.39 is 10.2 Å². The Morgan fingerprint density at radius 3 is 2.75 bits per heavy atom. The zero-order valence-electron chi connectivity index (χ0n) is 11.2. The number of hydrogen-bond acceptors (Lipinski definition) is 3. The van der Waals surface area contributed by atoms with Crippen LogP contribution in [0.2, 0.25) is 0 Å². The molecule has 7 heteroatoms. The number of fused-ring (bicyclic) bond motifs is 1. The molecule has 2 atom stereocenters. The Kier molecular flexibility index (Phi) is 2.98. The molecular weight excluding hydrogens is 278 g/mol. The molecule has 0 aromatic heterocycles. The molecule has 1 heterocycles. The van der Waals surface area contributed by atoms with Crippen molar-refractivity contribution in [2.45, 2.75) is 19.8 Å². The van der Waals surface area contributed by atoms with E-state index in [2.05, 4.69) is 5.32 Å². The minimum absolute atomic E-state index is 0.00222. The number of carbonyl (C=O) groups is 1. The van der Waals surface area contributed by atoms with Gasteiger partial charge in [-0.3, -0.25) is 9.10 Å². The third-order valence-corrected chi connectivity index (χ3v) is 4.95. The van der Waals surface area contributed by atoms with Crippen molar-refractivity contribution >= 4 is 27.5 Å². The number of nitrogens with one attached hydrogen (secondary N) is 1. The SMILES string of the molecule is C[C@@H]1C[C@@H]1C(=O)Nc1ccc2c(c1)N(S(N)(=O)=O)CC2. The summed E-state index contributed by atoms with van der Waals surface area (Å²) in [6.07, 6.45) is 1.56. The number of hydrogen-bond donors (Lipinski definition) is 2. The van der Waals surface area contributed by atoms with Crippen LogP contribution in [0.15, 0.2) is 18.2 Å². The van der Waals surface area contributed by atoms with Gasteiger partial charge in [0, 0.05) is 18.2 Å². The van der Waals surface area contributed by atoms with Crippen molar-refractivity contribution in [3.05, 3.63) is 23.8 Å². The van der Waals surface area contributed by atoms with E-state index in [0.717, 1.165) is 12.0 Å². The molecule has 0 spiro atoms. The van der Waals surface area contributed by atoms with Crippen LogP contribution < -0.4 is 14.8 Å². The number of nitrogens with two attached hydrogens (primary N) is 1. The lowest BCUT2D eigenvalue weighted by Gasteiger charge is -2.16. The van der Waals surface area contributed by atoms with Crippen molar-refractivity contribution in [1.29, 1.82) is 0 Å². The van der Waals surface area contributed by atoms with Gasteiger partial charge in [0.1, 0.15) is 0 Å². The van der Waals surface area contributed by atoms with Gasteiger partial charge in [-0.1, -0.05) is 13.0 Å². The topological polar surface area (TPSA) is 92.5 Å². The van der Waals surface area contributed by atoms with Gasteiger partial charge < -0.3 is 5.32 Å². The van der Waals surface area contributed by atoms with Crippen molar-refractivity contribution in [3.63, 3.8) is 0 Å². The molecule has 1 fully saturated rings. The maximum Gasteiger partial charge on any atom is 0.299 e. The number of rotatable bonds is 3. The summed E-state index contributed by atoms with van der Waals surface area (Å²) in [5.41, 5.74) is 2.11. The van der Waals surface area contributed by atoms with Crippen molar-refractivity contribution in [2.24, 2.45) is 17.0 Å². The number of nitrogens with zero attached hydrogens (tertiary/aromatic N) is 1. The van der Waals surface area contributed by atoms with Gasteiger partial charge in [0.05, 0.1) is 5.69 Å². The Bertz CT molecular complexity index is 671. The summed E-state index contributed by atoms with van der Waals surface area (Å²) in [6.45, 7) is 2.39. The van der Waals surface area contributed by atoms with Crippen molar-refractivity contribution in [1.82, 2.24) is 0 Å². The summed E-state index contributed by atoms with van der Waals surface area (Å²) in [6, 6.07) is 5.32. The number of amides is 1. The molecule has 1 saturated carbocycles. The van der Waals surface area contributed by atoms with Gasteiger partial charge in [-0.2, -0.15) is 8.42 Å². The van der Waals surface area contributed by atoms with Gasteiger partial charge in [-0.15, -0.1) is 0 Å². The molecule has 3 rings (SSSR count). The van der Waals surface area contributed by atoms with Crippen LogP contribution in [0.25, 0.3) is 0 Å². The second kappa shape index (κ2) is 4.46. The van der Waals surface area contributed by atoms with Crippen LogP contribution in [0.3, 0.4) is 0 Å². The Hall–Kier alpha value is -1.60. The van der Waals surface area contributed by atoms with Crippen LogP contribution in [0, 0.1) is 11.8 Å². The third-order valence-electron chi connectivity index (χ3n) is 3.96. The molecule has 3 N–H and O–H groups in total. The fourth-order valence-electron chi connectivity index (χ4n) is 2.61. The Balaban J connectivity index is 1.84. The average Bonchev–Trinajstić information content (AvgIpc) is 2.93.